The van der Waals surface area contributed by atoms with E-state index in [1.165, 1.54) is 23.5 Å². The summed E-state index contributed by atoms with van der Waals surface area (Å²) in [7, 11) is 1.56. The molecule has 0 radical (unpaired) electrons. The third kappa shape index (κ3) is 4.25. The molecule has 0 aliphatic carbocycles. The van der Waals surface area contributed by atoms with E-state index in [4.69, 9.17) is 4.74 Å². The molecule has 8 heteroatoms. The number of aromatic nitrogens is 2. The molecule has 1 amide bonds. The van der Waals surface area contributed by atoms with E-state index in [0.29, 0.717) is 22.4 Å². The highest BCUT2D eigenvalue weighted by Gasteiger charge is 2.07. The van der Waals surface area contributed by atoms with Gasteiger partial charge in [-0.3, -0.25) is 10.1 Å². The molecule has 0 aliphatic rings. The Bertz CT molecular complexity index is 573. The van der Waals surface area contributed by atoms with Gasteiger partial charge >= 0.3 is 0 Å². The van der Waals surface area contributed by atoms with Crippen molar-refractivity contribution < 1.29 is 13.9 Å². The number of methoxy groups -OCH3 is 1. The van der Waals surface area contributed by atoms with Crippen molar-refractivity contribution in [3.63, 3.8) is 0 Å². The Kier molecular flexibility index (Phi) is 4.97. The maximum atomic E-state index is 12.7. The van der Waals surface area contributed by atoms with E-state index < -0.39 is 0 Å². The molecule has 0 saturated heterocycles. The number of anilines is 2. The van der Waals surface area contributed by atoms with Crippen molar-refractivity contribution >= 4 is 28.1 Å². The van der Waals surface area contributed by atoms with Crippen molar-refractivity contribution in [3.05, 3.63) is 35.1 Å². The third-order valence-electron chi connectivity index (χ3n) is 2.28. The molecule has 0 spiro atoms. The molecule has 1 heterocycles. The lowest BCUT2D eigenvalue weighted by Crippen LogP contribution is -2.21. The van der Waals surface area contributed by atoms with Crippen molar-refractivity contribution in [2.75, 3.05) is 24.3 Å². The van der Waals surface area contributed by atoms with Crippen LogP contribution in [0.5, 0.6) is 0 Å². The summed E-state index contributed by atoms with van der Waals surface area (Å²) in [6.45, 7) is 0.423. The number of hydrogen-bond acceptors (Lipinski definition) is 6. The van der Waals surface area contributed by atoms with Crippen LogP contribution in [-0.4, -0.2) is 29.8 Å². The highest BCUT2D eigenvalue weighted by atomic mass is 32.1. The highest BCUT2D eigenvalue weighted by molar-refractivity contribution is 7.15. The summed E-state index contributed by atoms with van der Waals surface area (Å²) in [4.78, 5) is 11.7. The van der Waals surface area contributed by atoms with E-state index in [-0.39, 0.29) is 18.3 Å². The van der Waals surface area contributed by atoms with E-state index in [1.807, 2.05) is 0 Å². The average molecular weight is 296 g/mol. The molecule has 0 bridgehead atoms. The Balaban J connectivity index is 1.81. The van der Waals surface area contributed by atoms with E-state index in [2.05, 4.69) is 20.8 Å². The zero-order chi connectivity index (χ0) is 14.4. The lowest BCUT2D eigenvalue weighted by molar-refractivity contribution is -0.114. The molecule has 0 atom stereocenters. The van der Waals surface area contributed by atoms with Crippen molar-refractivity contribution in [1.29, 1.82) is 0 Å². The Morgan fingerprint density at radius 3 is 2.80 bits per heavy atom. The number of rotatable bonds is 6. The Hall–Kier alpha value is -2.06. The summed E-state index contributed by atoms with van der Waals surface area (Å²) >= 11 is 1.25. The van der Waals surface area contributed by atoms with E-state index in [0.717, 1.165) is 0 Å². The zero-order valence-electron chi connectivity index (χ0n) is 10.7. The minimum Gasteiger partial charge on any atom is -0.377 e. The second-order valence-electron chi connectivity index (χ2n) is 3.84. The molecule has 20 heavy (non-hydrogen) atoms. The van der Waals surface area contributed by atoms with Gasteiger partial charge in [-0.25, -0.2) is 4.39 Å². The van der Waals surface area contributed by atoms with Gasteiger partial charge < -0.3 is 10.1 Å². The fourth-order valence-electron chi connectivity index (χ4n) is 1.40. The van der Waals surface area contributed by atoms with Crippen molar-refractivity contribution in [2.45, 2.75) is 6.61 Å². The van der Waals surface area contributed by atoms with Crippen LogP contribution in [0, 0.1) is 5.82 Å². The molecule has 0 unspecified atom stereocenters. The molecule has 2 aromatic rings. The van der Waals surface area contributed by atoms with Crippen LogP contribution in [0.1, 0.15) is 5.01 Å². The summed E-state index contributed by atoms with van der Waals surface area (Å²) in [5.74, 6) is -0.575. The van der Waals surface area contributed by atoms with Crippen molar-refractivity contribution in [1.82, 2.24) is 10.2 Å². The molecule has 1 aromatic carbocycles. The number of nitrogens with one attached hydrogen (secondary N) is 2. The number of hydrogen-bond donors (Lipinski definition) is 2. The number of amides is 1. The summed E-state index contributed by atoms with van der Waals surface area (Å²) in [6.07, 6.45) is 0. The molecule has 6 nitrogen and oxygen atoms in total. The second kappa shape index (κ2) is 6.92. The summed E-state index contributed by atoms with van der Waals surface area (Å²) in [5, 5.41) is 14.3. The fourth-order valence-corrected chi connectivity index (χ4v) is 2.13. The van der Waals surface area contributed by atoms with Crippen LogP contribution < -0.4 is 10.6 Å². The first-order valence-corrected chi connectivity index (χ1v) is 6.59. The van der Waals surface area contributed by atoms with Crippen LogP contribution in [0.15, 0.2) is 24.3 Å². The maximum absolute atomic E-state index is 12.7. The lowest BCUT2D eigenvalue weighted by Gasteiger charge is -2.05. The van der Waals surface area contributed by atoms with Crippen LogP contribution >= 0.6 is 11.3 Å². The number of ether oxygens (including phenoxy) is 1. The van der Waals surface area contributed by atoms with Crippen LogP contribution in [0.4, 0.5) is 15.2 Å². The Morgan fingerprint density at radius 1 is 1.35 bits per heavy atom. The van der Waals surface area contributed by atoms with Gasteiger partial charge in [-0.2, -0.15) is 0 Å². The Labute approximate surface area is 119 Å². The van der Waals surface area contributed by atoms with Gasteiger partial charge in [-0.05, 0) is 24.3 Å². The molecule has 1 aromatic heterocycles. The highest BCUT2D eigenvalue weighted by Crippen LogP contribution is 2.15. The lowest BCUT2D eigenvalue weighted by atomic mass is 10.3. The SMILES string of the molecule is COCc1nnc(NC(=O)CNc2ccc(F)cc2)s1. The number of nitrogens with zero attached hydrogens (tertiary/aromatic N) is 2. The maximum Gasteiger partial charge on any atom is 0.245 e. The average Bonchev–Trinajstić information content (AvgIpc) is 2.86. The molecule has 0 saturated carbocycles. The van der Waals surface area contributed by atoms with Gasteiger partial charge in [0.2, 0.25) is 11.0 Å². The van der Waals surface area contributed by atoms with Crippen LogP contribution in [0.3, 0.4) is 0 Å². The van der Waals surface area contributed by atoms with Gasteiger partial charge in [0.25, 0.3) is 0 Å². The monoisotopic (exact) mass is 296 g/mol. The molecular weight excluding hydrogens is 283 g/mol. The van der Waals surface area contributed by atoms with Crippen LogP contribution in [0.25, 0.3) is 0 Å². The van der Waals surface area contributed by atoms with Gasteiger partial charge in [-0.1, -0.05) is 11.3 Å². The smallest absolute Gasteiger partial charge is 0.245 e. The van der Waals surface area contributed by atoms with Gasteiger partial charge in [0.15, 0.2) is 0 Å². The molecule has 2 rings (SSSR count). The van der Waals surface area contributed by atoms with E-state index in [1.54, 1.807) is 19.2 Å². The number of carbonyl (C=O) groups excluding carboxylic acids is 1. The third-order valence-corrected chi connectivity index (χ3v) is 3.09. The van der Waals surface area contributed by atoms with Crippen LogP contribution in [0.2, 0.25) is 0 Å². The van der Waals surface area contributed by atoms with Gasteiger partial charge in [0, 0.05) is 12.8 Å². The van der Waals surface area contributed by atoms with E-state index >= 15 is 0 Å². The minimum atomic E-state index is -0.320. The van der Waals surface area contributed by atoms with Gasteiger partial charge in [0.05, 0.1) is 6.54 Å². The number of benzene rings is 1. The quantitative estimate of drug-likeness (QED) is 0.851. The zero-order valence-corrected chi connectivity index (χ0v) is 11.5. The summed E-state index contributed by atoms with van der Waals surface area (Å²) in [5.41, 5.74) is 0.666. The number of halogens is 1. The van der Waals surface area contributed by atoms with Crippen LogP contribution in [-0.2, 0) is 16.1 Å². The predicted molar refractivity (Wildman–Crippen MR) is 74.1 cm³/mol. The number of carbonyl (C=O) groups is 1. The topological polar surface area (TPSA) is 76.1 Å². The normalized spacial score (nSPS) is 10.3. The predicted octanol–water partition coefficient (Wildman–Crippen LogP) is 1.87. The second-order valence-corrected chi connectivity index (χ2v) is 4.90. The Morgan fingerprint density at radius 2 is 2.10 bits per heavy atom. The molecule has 0 fully saturated rings. The van der Waals surface area contributed by atoms with Gasteiger partial charge in [0.1, 0.15) is 17.4 Å². The van der Waals surface area contributed by atoms with E-state index in [9.17, 15) is 9.18 Å². The molecule has 106 valence electrons. The molecule has 2 N–H and O–H groups in total. The standard InChI is InChI=1S/C12H13FN4O2S/c1-19-7-11-16-17-12(20-11)15-10(18)6-14-9-4-2-8(13)3-5-9/h2-5,14H,6-7H2,1H3,(H,15,17,18). The summed E-state index contributed by atoms with van der Waals surface area (Å²) < 4.78 is 17.6. The van der Waals surface area contributed by atoms with Crippen molar-refractivity contribution in [3.8, 4) is 0 Å². The molecular formula is C12H13FN4O2S. The van der Waals surface area contributed by atoms with Crippen molar-refractivity contribution in [2.24, 2.45) is 0 Å². The first-order chi connectivity index (χ1) is 9.67. The summed E-state index contributed by atoms with van der Waals surface area (Å²) in [6, 6.07) is 5.76. The molecule has 0 aliphatic heterocycles. The first kappa shape index (κ1) is 14.4. The van der Waals surface area contributed by atoms with Gasteiger partial charge in [-0.15, -0.1) is 10.2 Å². The first-order valence-electron chi connectivity index (χ1n) is 5.78. The minimum absolute atomic E-state index is 0.0603. The fraction of sp³-hybridized carbons (Fsp3) is 0.250. The largest absolute Gasteiger partial charge is 0.377 e.